The van der Waals surface area contributed by atoms with Crippen LogP contribution in [0.4, 0.5) is 11.4 Å². The van der Waals surface area contributed by atoms with Crippen LogP contribution in [0.5, 0.6) is 0 Å². The van der Waals surface area contributed by atoms with Crippen LogP contribution in [0.3, 0.4) is 0 Å². The minimum atomic E-state index is -0.623. The van der Waals surface area contributed by atoms with Crippen molar-refractivity contribution in [1.82, 2.24) is 4.90 Å². The highest BCUT2D eigenvalue weighted by molar-refractivity contribution is 5.93. The average Bonchev–Trinajstić information content (AvgIpc) is 2.79. The molecule has 1 amide bonds. The van der Waals surface area contributed by atoms with Gasteiger partial charge in [0.05, 0.1) is 12.1 Å². The van der Waals surface area contributed by atoms with Crippen molar-refractivity contribution < 1.29 is 9.90 Å². The second-order valence-electron chi connectivity index (χ2n) is 6.23. The van der Waals surface area contributed by atoms with Gasteiger partial charge in [-0.15, -0.1) is 0 Å². The Bertz CT molecular complexity index is 510. The molecule has 0 unspecified atom stereocenters. The van der Waals surface area contributed by atoms with Crippen molar-refractivity contribution in [3.05, 3.63) is 23.8 Å². The molecule has 116 valence electrons. The number of carbonyl (C=O) groups is 1. The molecule has 5 heteroatoms. The number of nitrogens with two attached hydrogens (primary N) is 1. The summed E-state index contributed by atoms with van der Waals surface area (Å²) >= 11 is 0. The number of hydrogen-bond acceptors (Lipinski definition) is 4. The Balaban J connectivity index is 1.87. The van der Waals surface area contributed by atoms with E-state index in [1.807, 2.05) is 31.0 Å². The third kappa shape index (κ3) is 4.44. The van der Waals surface area contributed by atoms with E-state index in [0.717, 1.165) is 36.9 Å². The molecule has 5 nitrogen and oxygen atoms in total. The summed E-state index contributed by atoms with van der Waals surface area (Å²) in [6.45, 7) is 2.73. The number of aliphatic hydroxyl groups is 1. The summed E-state index contributed by atoms with van der Waals surface area (Å²) < 4.78 is 0. The van der Waals surface area contributed by atoms with Crippen LogP contribution in [0.15, 0.2) is 18.2 Å². The van der Waals surface area contributed by atoms with Gasteiger partial charge in [0.2, 0.25) is 5.91 Å². The Hall–Kier alpha value is -1.59. The van der Waals surface area contributed by atoms with Crippen molar-refractivity contribution in [2.45, 2.75) is 38.2 Å². The highest BCUT2D eigenvalue weighted by Crippen LogP contribution is 2.29. The predicted octanol–water partition coefficient (Wildman–Crippen LogP) is 1.75. The zero-order chi connectivity index (χ0) is 15.5. The van der Waals surface area contributed by atoms with Crippen LogP contribution in [0.25, 0.3) is 0 Å². The van der Waals surface area contributed by atoms with E-state index in [2.05, 4.69) is 5.32 Å². The van der Waals surface area contributed by atoms with Gasteiger partial charge < -0.3 is 16.2 Å². The second kappa shape index (κ2) is 6.45. The van der Waals surface area contributed by atoms with Crippen LogP contribution in [0, 0.1) is 6.92 Å². The number of anilines is 2. The molecule has 1 aromatic carbocycles. The quantitative estimate of drug-likeness (QED) is 0.722. The molecular formula is C16H25N3O2. The van der Waals surface area contributed by atoms with Gasteiger partial charge in [0.15, 0.2) is 0 Å². The lowest BCUT2D eigenvalue weighted by atomic mass is 10.0. The third-order valence-corrected chi connectivity index (χ3v) is 4.05. The highest BCUT2D eigenvalue weighted by atomic mass is 16.3. The van der Waals surface area contributed by atoms with E-state index < -0.39 is 5.60 Å². The van der Waals surface area contributed by atoms with E-state index in [-0.39, 0.29) is 12.5 Å². The maximum atomic E-state index is 12.1. The van der Waals surface area contributed by atoms with E-state index in [0.29, 0.717) is 12.2 Å². The molecule has 1 aliphatic rings. The molecule has 0 bridgehead atoms. The summed E-state index contributed by atoms with van der Waals surface area (Å²) in [7, 11) is 1.86. The number of nitrogens with one attached hydrogen (secondary N) is 1. The van der Waals surface area contributed by atoms with Crippen LogP contribution < -0.4 is 11.1 Å². The van der Waals surface area contributed by atoms with Crippen LogP contribution in [0.1, 0.15) is 31.2 Å². The molecule has 1 aromatic rings. The zero-order valence-electron chi connectivity index (χ0n) is 12.9. The van der Waals surface area contributed by atoms with Gasteiger partial charge >= 0.3 is 0 Å². The Labute approximate surface area is 126 Å². The molecular weight excluding hydrogens is 266 g/mol. The number of carbonyl (C=O) groups excluding carboxylic acids is 1. The molecule has 0 spiro atoms. The van der Waals surface area contributed by atoms with Gasteiger partial charge in [-0.3, -0.25) is 9.69 Å². The minimum Gasteiger partial charge on any atom is -0.399 e. The molecule has 0 atom stereocenters. The maximum Gasteiger partial charge on any atom is 0.238 e. The smallest absolute Gasteiger partial charge is 0.238 e. The average molecular weight is 291 g/mol. The molecule has 0 aliphatic heterocycles. The topological polar surface area (TPSA) is 78.6 Å². The second-order valence-corrected chi connectivity index (χ2v) is 6.23. The van der Waals surface area contributed by atoms with Crippen molar-refractivity contribution in [3.8, 4) is 0 Å². The summed E-state index contributed by atoms with van der Waals surface area (Å²) in [4.78, 5) is 14.0. The third-order valence-electron chi connectivity index (χ3n) is 4.05. The normalized spacial score (nSPS) is 17.1. The number of amides is 1. The SMILES string of the molecule is Cc1ccc(N)cc1NC(=O)CN(C)CC1(O)CCCC1. The monoisotopic (exact) mass is 291 g/mol. The molecule has 4 N–H and O–H groups in total. The molecule has 21 heavy (non-hydrogen) atoms. The van der Waals surface area contributed by atoms with Gasteiger partial charge in [0.25, 0.3) is 0 Å². The van der Waals surface area contributed by atoms with Crippen molar-refractivity contribution in [2.24, 2.45) is 0 Å². The molecule has 0 aromatic heterocycles. The van der Waals surface area contributed by atoms with Crippen molar-refractivity contribution in [1.29, 1.82) is 0 Å². The largest absolute Gasteiger partial charge is 0.399 e. The summed E-state index contributed by atoms with van der Waals surface area (Å²) in [5.74, 6) is -0.0900. The Morgan fingerprint density at radius 3 is 2.76 bits per heavy atom. The van der Waals surface area contributed by atoms with Gasteiger partial charge in [-0.1, -0.05) is 18.9 Å². The first-order chi connectivity index (χ1) is 9.88. The Kier molecular flexibility index (Phi) is 4.85. The van der Waals surface area contributed by atoms with Gasteiger partial charge in [0, 0.05) is 17.9 Å². The van der Waals surface area contributed by atoms with Crippen LogP contribution in [-0.2, 0) is 4.79 Å². The van der Waals surface area contributed by atoms with Gasteiger partial charge in [0.1, 0.15) is 0 Å². The fourth-order valence-electron chi connectivity index (χ4n) is 2.96. The number of benzene rings is 1. The summed E-state index contributed by atoms with van der Waals surface area (Å²) in [5.41, 5.74) is 7.47. The number of rotatable bonds is 5. The summed E-state index contributed by atoms with van der Waals surface area (Å²) in [6, 6.07) is 5.46. The van der Waals surface area contributed by atoms with E-state index in [1.165, 1.54) is 0 Å². The van der Waals surface area contributed by atoms with E-state index in [4.69, 9.17) is 5.73 Å². The fourth-order valence-corrected chi connectivity index (χ4v) is 2.96. The van der Waals surface area contributed by atoms with Crippen molar-refractivity contribution >= 4 is 17.3 Å². The van der Waals surface area contributed by atoms with Crippen molar-refractivity contribution in [2.75, 3.05) is 31.2 Å². The predicted molar refractivity (Wildman–Crippen MR) is 85.1 cm³/mol. The lowest BCUT2D eigenvalue weighted by molar-refractivity contribution is -0.117. The minimum absolute atomic E-state index is 0.0900. The lowest BCUT2D eigenvalue weighted by Crippen LogP contribution is -2.42. The van der Waals surface area contributed by atoms with Crippen LogP contribution >= 0.6 is 0 Å². The Morgan fingerprint density at radius 1 is 1.43 bits per heavy atom. The van der Waals surface area contributed by atoms with Gasteiger partial charge in [-0.05, 0) is 44.5 Å². The molecule has 0 radical (unpaired) electrons. The standard InChI is InChI=1S/C16H25N3O2/c1-12-5-6-13(17)9-14(12)18-15(20)10-19(2)11-16(21)7-3-4-8-16/h5-6,9,21H,3-4,7-8,10-11,17H2,1-2H3,(H,18,20). The molecule has 2 rings (SSSR count). The fraction of sp³-hybridized carbons (Fsp3) is 0.562. The lowest BCUT2D eigenvalue weighted by Gasteiger charge is -2.28. The molecule has 0 heterocycles. The molecule has 0 saturated heterocycles. The van der Waals surface area contributed by atoms with E-state index in [1.54, 1.807) is 6.07 Å². The summed E-state index contributed by atoms with van der Waals surface area (Å²) in [5, 5.41) is 13.2. The number of aryl methyl sites for hydroxylation is 1. The van der Waals surface area contributed by atoms with Crippen LogP contribution in [0.2, 0.25) is 0 Å². The first-order valence-corrected chi connectivity index (χ1v) is 7.45. The number of likely N-dealkylation sites (N-methyl/N-ethyl adjacent to an activating group) is 1. The van der Waals surface area contributed by atoms with Crippen LogP contribution in [-0.4, -0.2) is 41.7 Å². The first kappa shape index (κ1) is 15.8. The van der Waals surface area contributed by atoms with E-state index in [9.17, 15) is 9.90 Å². The number of hydrogen-bond donors (Lipinski definition) is 3. The molecule has 1 fully saturated rings. The van der Waals surface area contributed by atoms with Gasteiger partial charge in [-0.2, -0.15) is 0 Å². The maximum absolute atomic E-state index is 12.1. The number of nitrogen functional groups attached to an aromatic ring is 1. The Morgan fingerprint density at radius 2 is 2.10 bits per heavy atom. The molecule has 1 saturated carbocycles. The number of nitrogens with zero attached hydrogens (tertiary/aromatic N) is 1. The van der Waals surface area contributed by atoms with Gasteiger partial charge in [-0.25, -0.2) is 0 Å². The summed E-state index contributed by atoms with van der Waals surface area (Å²) in [6.07, 6.45) is 3.79. The molecule has 1 aliphatic carbocycles. The zero-order valence-corrected chi connectivity index (χ0v) is 12.9. The van der Waals surface area contributed by atoms with Crippen molar-refractivity contribution in [3.63, 3.8) is 0 Å². The highest BCUT2D eigenvalue weighted by Gasteiger charge is 2.32. The first-order valence-electron chi connectivity index (χ1n) is 7.45. The van der Waals surface area contributed by atoms with E-state index >= 15 is 0 Å².